The Morgan fingerprint density at radius 3 is 2.41 bits per heavy atom. The van der Waals surface area contributed by atoms with Gasteiger partial charge < -0.3 is 10.1 Å². The highest BCUT2D eigenvalue weighted by Gasteiger charge is 2.01. The standard InChI is InChI=1S/C15H33NO/c1-5-6-7-8-12-17-15(4)10-9-11-16-13-14(2)3/h14-16H,5-13H2,1-4H3. The number of ether oxygens (including phenoxy) is 1. The molecular formula is C15H33NO. The monoisotopic (exact) mass is 243 g/mol. The van der Waals surface area contributed by atoms with E-state index >= 15 is 0 Å². The number of nitrogens with one attached hydrogen (secondary N) is 1. The van der Waals surface area contributed by atoms with E-state index in [2.05, 4.69) is 33.0 Å². The van der Waals surface area contributed by atoms with Crippen LogP contribution in [-0.2, 0) is 4.74 Å². The molecule has 0 aliphatic carbocycles. The molecule has 0 bridgehead atoms. The topological polar surface area (TPSA) is 21.3 Å². The van der Waals surface area contributed by atoms with Crippen LogP contribution in [0.5, 0.6) is 0 Å². The molecule has 0 amide bonds. The number of hydrogen-bond donors (Lipinski definition) is 1. The average molecular weight is 243 g/mol. The third kappa shape index (κ3) is 13.9. The first-order valence-corrected chi connectivity index (χ1v) is 7.49. The van der Waals surface area contributed by atoms with Crippen molar-refractivity contribution in [3.8, 4) is 0 Å². The van der Waals surface area contributed by atoms with Gasteiger partial charge in [-0.05, 0) is 45.2 Å². The summed E-state index contributed by atoms with van der Waals surface area (Å²) >= 11 is 0. The maximum absolute atomic E-state index is 5.79. The summed E-state index contributed by atoms with van der Waals surface area (Å²) in [6.45, 7) is 12.1. The molecule has 0 heterocycles. The van der Waals surface area contributed by atoms with E-state index in [4.69, 9.17) is 4.74 Å². The normalized spacial score (nSPS) is 13.2. The Labute approximate surface area is 109 Å². The van der Waals surface area contributed by atoms with Gasteiger partial charge in [-0.3, -0.25) is 0 Å². The van der Waals surface area contributed by atoms with E-state index in [0.717, 1.165) is 25.6 Å². The molecule has 0 aliphatic rings. The minimum absolute atomic E-state index is 0.428. The van der Waals surface area contributed by atoms with Gasteiger partial charge in [-0.15, -0.1) is 0 Å². The molecule has 0 aromatic rings. The maximum atomic E-state index is 5.79. The highest BCUT2D eigenvalue weighted by atomic mass is 16.5. The van der Waals surface area contributed by atoms with Crippen LogP contribution in [0.15, 0.2) is 0 Å². The van der Waals surface area contributed by atoms with E-state index < -0.39 is 0 Å². The lowest BCUT2D eigenvalue weighted by Crippen LogP contribution is -2.22. The van der Waals surface area contributed by atoms with Crippen molar-refractivity contribution in [1.29, 1.82) is 0 Å². The van der Waals surface area contributed by atoms with Crippen LogP contribution < -0.4 is 5.32 Å². The molecule has 2 nitrogen and oxygen atoms in total. The van der Waals surface area contributed by atoms with Gasteiger partial charge in [-0.1, -0.05) is 40.0 Å². The van der Waals surface area contributed by atoms with Crippen molar-refractivity contribution in [2.45, 2.75) is 72.3 Å². The summed E-state index contributed by atoms with van der Waals surface area (Å²) in [5.41, 5.74) is 0. The molecule has 17 heavy (non-hydrogen) atoms. The van der Waals surface area contributed by atoms with Crippen LogP contribution in [0.3, 0.4) is 0 Å². The van der Waals surface area contributed by atoms with Crippen molar-refractivity contribution in [2.75, 3.05) is 19.7 Å². The first-order valence-electron chi connectivity index (χ1n) is 7.49. The lowest BCUT2D eigenvalue weighted by Gasteiger charge is -2.13. The zero-order valence-corrected chi connectivity index (χ0v) is 12.4. The van der Waals surface area contributed by atoms with Gasteiger partial charge in [0.15, 0.2) is 0 Å². The van der Waals surface area contributed by atoms with Crippen LogP contribution in [0.2, 0.25) is 0 Å². The van der Waals surface area contributed by atoms with E-state index in [1.165, 1.54) is 38.5 Å². The summed E-state index contributed by atoms with van der Waals surface area (Å²) in [5, 5.41) is 3.47. The van der Waals surface area contributed by atoms with Crippen molar-refractivity contribution < 1.29 is 4.74 Å². The second-order valence-corrected chi connectivity index (χ2v) is 5.48. The lowest BCUT2D eigenvalue weighted by atomic mass is 10.2. The van der Waals surface area contributed by atoms with Gasteiger partial charge in [0.2, 0.25) is 0 Å². The van der Waals surface area contributed by atoms with Crippen LogP contribution >= 0.6 is 0 Å². The molecule has 0 saturated heterocycles. The van der Waals surface area contributed by atoms with E-state index in [-0.39, 0.29) is 0 Å². The number of hydrogen-bond acceptors (Lipinski definition) is 2. The molecule has 0 aromatic carbocycles. The molecule has 0 aromatic heterocycles. The fourth-order valence-corrected chi connectivity index (χ4v) is 1.80. The van der Waals surface area contributed by atoms with Gasteiger partial charge in [0.1, 0.15) is 0 Å². The molecule has 0 spiro atoms. The smallest absolute Gasteiger partial charge is 0.0547 e. The molecule has 0 rings (SSSR count). The SMILES string of the molecule is CCCCCCOC(C)CCCNCC(C)C. The van der Waals surface area contributed by atoms with Crippen molar-refractivity contribution in [1.82, 2.24) is 5.32 Å². The summed E-state index contributed by atoms with van der Waals surface area (Å²) in [6, 6.07) is 0. The van der Waals surface area contributed by atoms with Crippen LogP contribution in [0, 0.1) is 5.92 Å². The Hall–Kier alpha value is -0.0800. The van der Waals surface area contributed by atoms with Gasteiger partial charge in [0, 0.05) is 6.61 Å². The largest absolute Gasteiger partial charge is 0.379 e. The summed E-state index contributed by atoms with van der Waals surface area (Å²) < 4.78 is 5.79. The van der Waals surface area contributed by atoms with Gasteiger partial charge in [0.25, 0.3) is 0 Å². The third-order valence-electron chi connectivity index (χ3n) is 2.92. The zero-order valence-electron chi connectivity index (χ0n) is 12.4. The molecule has 2 heteroatoms. The molecule has 104 valence electrons. The Kier molecular flexibility index (Phi) is 12.3. The summed E-state index contributed by atoms with van der Waals surface area (Å²) in [7, 11) is 0. The quantitative estimate of drug-likeness (QED) is 0.523. The van der Waals surface area contributed by atoms with Crippen molar-refractivity contribution in [3.63, 3.8) is 0 Å². The Bertz CT molecular complexity index is 148. The van der Waals surface area contributed by atoms with Gasteiger partial charge in [-0.25, -0.2) is 0 Å². The predicted molar refractivity (Wildman–Crippen MR) is 76.5 cm³/mol. The van der Waals surface area contributed by atoms with E-state index in [9.17, 15) is 0 Å². The number of rotatable bonds is 12. The van der Waals surface area contributed by atoms with Crippen molar-refractivity contribution in [2.24, 2.45) is 5.92 Å². The third-order valence-corrected chi connectivity index (χ3v) is 2.92. The molecule has 0 aliphatic heterocycles. The number of unbranched alkanes of at least 4 members (excludes halogenated alkanes) is 3. The van der Waals surface area contributed by atoms with Crippen molar-refractivity contribution in [3.05, 3.63) is 0 Å². The molecule has 1 atom stereocenters. The Balaban J connectivity index is 3.14. The highest BCUT2D eigenvalue weighted by molar-refractivity contribution is 4.55. The van der Waals surface area contributed by atoms with Crippen LogP contribution in [-0.4, -0.2) is 25.8 Å². The van der Waals surface area contributed by atoms with Gasteiger partial charge in [0.05, 0.1) is 6.10 Å². The molecule has 1 unspecified atom stereocenters. The molecule has 1 N–H and O–H groups in total. The Morgan fingerprint density at radius 2 is 1.76 bits per heavy atom. The highest BCUT2D eigenvalue weighted by Crippen LogP contribution is 2.04. The molecule has 0 radical (unpaired) electrons. The predicted octanol–water partition coefficient (Wildman–Crippen LogP) is 4.00. The van der Waals surface area contributed by atoms with Crippen LogP contribution in [0.1, 0.15) is 66.2 Å². The molecular weight excluding hydrogens is 210 g/mol. The summed E-state index contributed by atoms with van der Waals surface area (Å²) in [6.07, 6.45) is 8.02. The first-order chi connectivity index (χ1) is 8.16. The van der Waals surface area contributed by atoms with E-state index in [1.54, 1.807) is 0 Å². The summed E-state index contributed by atoms with van der Waals surface area (Å²) in [4.78, 5) is 0. The fraction of sp³-hybridized carbons (Fsp3) is 1.00. The van der Waals surface area contributed by atoms with Gasteiger partial charge >= 0.3 is 0 Å². The van der Waals surface area contributed by atoms with Crippen molar-refractivity contribution >= 4 is 0 Å². The first kappa shape index (κ1) is 16.9. The zero-order chi connectivity index (χ0) is 12.9. The van der Waals surface area contributed by atoms with E-state index in [1.807, 2.05) is 0 Å². The molecule has 0 saturated carbocycles. The maximum Gasteiger partial charge on any atom is 0.0547 e. The van der Waals surface area contributed by atoms with E-state index in [0.29, 0.717) is 6.10 Å². The Morgan fingerprint density at radius 1 is 1.00 bits per heavy atom. The van der Waals surface area contributed by atoms with Gasteiger partial charge in [-0.2, -0.15) is 0 Å². The lowest BCUT2D eigenvalue weighted by molar-refractivity contribution is 0.0562. The minimum Gasteiger partial charge on any atom is -0.379 e. The minimum atomic E-state index is 0.428. The second kappa shape index (κ2) is 12.4. The fourth-order valence-electron chi connectivity index (χ4n) is 1.80. The second-order valence-electron chi connectivity index (χ2n) is 5.48. The average Bonchev–Trinajstić information content (AvgIpc) is 2.28. The van der Waals surface area contributed by atoms with Crippen LogP contribution in [0.25, 0.3) is 0 Å². The van der Waals surface area contributed by atoms with Crippen LogP contribution in [0.4, 0.5) is 0 Å². The summed E-state index contributed by atoms with van der Waals surface area (Å²) in [5.74, 6) is 0.752. The molecule has 0 fully saturated rings.